The molecule has 0 aromatic heterocycles. The predicted octanol–water partition coefficient (Wildman–Crippen LogP) is 2.67. The number of anilines is 1. The first-order valence-electron chi connectivity index (χ1n) is 10.1. The minimum absolute atomic E-state index is 0.124. The Kier molecular flexibility index (Phi) is 7.70. The second kappa shape index (κ2) is 10.5. The van der Waals surface area contributed by atoms with Crippen molar-refractivity contribution in [2.45, 2.75) is 24.2 Å². The zero-order chi connectivity index (χ0) is 23.1. The van der Waals surface area contributed by atoms with Crippen LogP contribution in [0.15, 0.2) is 47.4 Å². The summed E-state index contributed by atoms with van der Waals surface area (Å²) in [6, 6.07) is 10.4. The lowest BCUT2D eigenvalue weighted by atomic mass is 10.2. The number of hydrogen-bond donors (Lipinski definition) is 1. The first kappa shape index (κ1) is 23.6. The second-order valence-electron chi connectivity index (χ2n) is 7.18. The molecule has 3 rings (SSSR count). The molecule has 0 saturated carbocycles. The molecule has 10 heteroatoms. The highest BCUT2D eigenvalue weighted by atomic mass is 32.2. The normalized spacial score (nSPS) is 14.4. The van der Waals surface area contributed by atoms with Crippen LogP contribution in [0, 0.1) is 0 Å². The Balaban J connectivity index is 1.59. The van der Waals surface area contributed by atoms with E-state index in [-0.39, 0.29) is 10.5 Å². The van der Waals surface area contributed by atoms with E-state index in [1.54, 1.807) is 18.2 Å². The zero-order valence-electron chi connectivity index (χ0n) is 18.0. The minimum atomic E-state index is -3.58. The fourth-order valence-corrected chi connectivity index (χ4v) is 4.85. The molecule has 32 heavy (non-hydrogen) atoms. The van der Waals surface area contributed by atoms with E-state index in [4.69, 9.17) is 14.2 Å². The Bertz CT molecular complexity index is 1060. The molecule has 1 N–H and O–H groups in total. The van der Waals surface area contributed by atoms with Gasteiger partial charge in [0, 0.05) is 19.2 Å². The molecule has 0 spiro atoms. The van der Waals surface area contributed by atoms with Gasteiger partial charge in [0.05, 0.1) is 30.4 Å². The van der Waals surface area contributed by atoms with Crippen LogP contribution in [-0.4, -0.2) is 58.5 Å². The molecule has 0 unspecified atom stereocenters. The van der Waals surface area contributed by atoms with E-state index in [1.807, 2.05) is 0 Å². The van der Waals surface area contributed by atoms with Crippen molar-refractivity contribution < 1.29 is 32.2 Å². The lowest BCUT2D eigenvalue weighted by Gasteiger charge is -2.25. The van der Waals surface area contributed by atoms with E-state index < -0.39 is 28.5 Å². The fraction of sp³-hybridized carbons (Fsp3) is 0.364. The topological polar surface area (TPSA) is 111 Å². The number of esters is 1. The molecular weight excluding hydrogens is 436 g/mol. The van der Waals surface area contributed by atoms with Crippen molar-refractivity contribution in [3.63, 3.8) is 0 Å². The summed E-state index contributed by atoms with van der Waals surface area (Å²) in [7, 11) is -0.619. The van der Waals surface area contributed by atoms with Crippen LogP contribution in [0.2, 0.25) is 0 Å². The van der Waals surface area contributed by atoms with Gasteiger partial charge in [-0.05, 0) is 49.2 Å². The SMILES string of the molecule is COc1ccc(OC)c(NC(=O)COC(=O)c2ccc(S(=O)(=O)N3CCCCC3)cc2)c1. The summed E-state index contributed by atoms with van der Waals surface area (Å²) < 4.78 is 42.2. The van der Waals surface area contributed by atoms with Gasteiger partial charge in [-0.15, -0.1) is 0 Å². The number of ether oxygens (including phenoxy) is 3. The highest BCUT2D eigenvalue weighted by Crippen LogP contribution is 2.28. The average Bonchev–Trinajstić information content (AvgIpc) is 2.83. The highest BCUT2D eigenvalue weighted by Gasteiger charge is 2.26. The second-order valence-corrected chi connectivity index (χ2v) is 9.12. The number of sulfonamides is 1. The Morgan fingerprint density at radius 2 is 1.66 bits per heavy atom. The van der Waals surface area contributed by atoms with E-state index >= 15 is 0 Å². The summed E-state index contributed by atoms with van der Waals surface area (Å²) in [5.74, 6) is -0.345. The average molecular weight is 463 g/mol. The fourth-order valence-electron chi connectivity index (χ4n) is 3.33. The highest BCUT2D eigenvalue weighted by molar-refractivity contribution is 7.89. The third-order valence-corrected chi connectivity index (χ3v) is 6.97. The van der Waals surface area contributed by atoms with Crippen molar-refractivity contribution in [2.75, 3.05) is 39.2 Å². The van der Waals surface area contributed by atoms with Gasteiger partial charge in [-0.2, -0.15) is 4.31 Å². The van der Waals surface area contributed by atoms with Crippen molar-refractivity contribution in [1.29, 1.82) is 0 Å². The summed E-state index contributed by atoms with van der Waals surface area (Å²) >= 11 is 0. The number of amides is 1. The quantitative estimate of drug-likeness (QED) is 0.601. The molecule has 0 aliphatic carbocycles. The molecule has 9 nitrogen and oxygen atoms in total. The van der Waals surface area contributed by atoms with Crippen LogP contribution in [0.4, 0.5) is 5.69 Å². The largest absolute Gasteiger partial charge is 0.497 e. The summed E-state index contributed by atoms with van der Waals surface area (Å²) in [4.78, 5) is 24.6. The first-order valence-corrected chi connectivity index (χ1v) is 11.6. The number of hydrogen-bond acceptors (Lipinski definition) is 7. The third-order valence-electron chi connectivity index (χ3n) is 5.06. The maximum absolute atomic E-state index is 12.7. The van der Waals surface area contributed by atoms with E-state index in [2.05, 4.69) is 5.32 Å². The number of carbonyl (C=O) groups excluding carboxylic acids is 2. The number of piperidine rings is 1. The molecule has 0 atom stereocenters. The van der Waals surface area contributed by atoms with Gasteiger partial charge in [0.25, 0.3) is 5.91 Å². The summed E-state index contributed by atoms with van der Waals surface area (Å²) in [6.45, 7) is 0.478. The number of nitrogens with zero attached hydrogens (tertiary/aromatic N) is 1. The minimum Gasteiger partial charge on any atom is -0.497 e. The van der Waals surface area contributed by atoms with Gasteiger partial charge in [0.2, 0.25) is 10.0 Å². The number of carbonyl (C=O) groups is 2. The Morgan fingerprint density at radius 3 is 2.28 bits per heavy atom. The standard InChI is InChI=1S/C22H26N2O7S/c1-29-17-8-11-20(30-2)19(14-17)23-21(25)15-31-22(26)16-6-9-18(10-7-16)32(27,28)24-12-4-3-5-13-24/h6-11,14H,3-5,12-13,15H2,1-2H3,(H,23,25). The van der Waals surface area contributed by atoms with Crippen molar-refractivity contribution in [1.82, 2.24) is 4.31 Å². The maximum Gasteiger partial charge on any atom is 0.338 e. The van der Waals surface area contributed by atoms with Gasteiger partial charge in [0.15, 0.2) is 6.61 Å². The Hall–Kier alpha value is -3.11. The van der Waals surface area contributed by atoms with Crippen molar-refractivity contribution in [2.24, 2.45) is 0 Å². The van der Waals surface area contributed by atoms with Crippen LogP contribution in [0.5, 0.6) is 11.5 Å². The van der Waals surface area contributed by atoms with E-state index in [0.717, 1.165) is 19.3 Å². The van der Waals surface area contributed by atoms with Crippen molar-refractivity contribution in [3.05, 3.63) is 48.0 Å². The zero-order valence-corrected chi connectivity index (χ0v) is 18.8. The number of benzene rings is 2. The van der Waals surface area contributed by atoms with E-state index in [0.29, 0.717) is 30.3 Å². The molecule has 1 saturated heterocycles. The molecule has 0 bridgehead atoms. The lowest BCUT2D eigenvalue weighted by molar-refractivity contribution is -0.119. The summed E-state index contributed by atoms with van der Waals surface area (Å²) in [5.41, 5.74) is 0.523. The smallest absolute Gasteiger partial charge is 0.338 e. The molecule has 1 aliphatic heterocycles. The Labute approximate surface area is 187 Å². The maximum atomic E-state index is 12.7. The van der Waals surface area contributed by atoms with Crippen molar-refractivity contribution in [3.8, 4) is 11.5 Å². The van der Waals surface area contributed by atoms with Crippen LogP contribution in [0.3, 0.4) is 0 Å². The van der Waals surface area contributed by atoms with Crippen LogP contribution in [-0.2, 0) is 19.6 Å². The van der Waals surface area contributed by atoms with Crippen molar-refractivity contribution >= 4 is 27.6 Å². The van der Waals surface area contributed by atoms with Gasteiger partial charge in [-0.1, -0.05) is 6.42 Å². The number of rotatable bonds is 8. The monoisotopic (exact) mass is 462 g/mol. The molecule has 172 valence electrons. The molecule has 1 heterocycles. The van der Waals surface area contributed by atoms with Crippen LogP contribution in [0.1, 0.15) is 29.6 Å². The van der Waals surface area contributed by atoms with Crippen LogP contribution >= 0.6 is 0 Å². The third kappa shape index (κ3) is 5.57. The Morgan fingerprint density at radius 1 is 0.969 bits per heavy atom. The molecule has 2 aromatic rings. The van der Waals surface area contributed by atoms with Gasteiger partial charge in [-0.3, -0.25) is 4.79 Å². The number of methoxy groups -OCH3 is 2. The molecule has 1 aliphatic rings. The molecule has 0 radical (unpaired) electrons. The van der Waals surface area contributed by atoms with Gasteiger partial charge in [-0.25, -0.2) is 13.2 Å². The number of nitrogens with one attached hydrogen (secondary N) is 1. The summed E-state index contributed by atoms with van der Waals surface area (Å²) in [5, 5.41) is 2.60. The van der Waals surface area contributed by atoms with Gasteiger partial charge in [0.1, 0.15) is 11.5 Å². The lowest BCUT2D eigenvalue weighted by Crippen LogP contribution is -2.35. The van der Waals surface area contributed by atoms with E-state index in [9.17, 15) is 18.0 Å². The van der Waals surface area contributed by atoms with E-state index in [1.165, 1.54) is 42.8 Å². The molecular formula is C22H26N2O7S. The molecule has 1 amide bonds. The summed E-state index contributed by atoms with van der Waals surface area (Å²) in [6.07, 6.45) is 2.70. The molecule has 1 fully saturated rings. The van der Waals surface area contributed by atoms with Gasteiger partial charge < -0.3 is 19.5 Å². The van der Waals surface area contributed by atoms with Crippen LogP contribution < -0.4 is 14.8 Å². The first-order chi connectivity index (χ1) is 15.3. The predicted molar refractivity (Wildman–Crippen MR) is 118 cm³/mol. The van der Waals surface area contributed by atoms with Gasteiger partial charge >= 0.3 is 5.97 Å². The van der Waals surface area contributed by atoms with Crippen LogP contribution in [0.25, 0.3) is 0 Å². The molecule has 2 aromatic carbocycles.